The molecule has 0 N–H and O–H groups in total. The summed E-state index contributed by atoms with van der Waals surface area (Å²) in [4.78, 5) is 36.3. The van der Waals surface area contributed by atoms with Gasteiger partial charge in [0.05, 0.1) is 26.1 Å². The molecule has 23 heavy (non-hydrogen) atoms. The van der Waals surface area contributed by atoms with Crippen LogP contribution in [0.15, 0.2) is 0 Å². The van der Waals surface area contributed by atoms with Crippen LogP contribution in [0.25, 0.3) is 0 Å². The summed E-state index contributed by atoms with van der Waals surface area (Å²) >= 11 is 3.46. The van der Waals surface area contributed by atoms with Crippen LogP contribution in [0.4, 0.5) is 0 Å². The van der Waals surface area contributed by atoms with E-state index in [4.69, 9.17) is 9.47 Å². The molecular formula is C17H25BrO5. The van der Waals surface area contributed by atoms with Gasteiger partial charge in [-0.25, -0.2) is 0 Å². The summed E-state index contributed by atoms with van der Waals surface area (Å²) in [7, 11) is 2.77. The second-order valence-corrected chi connectivity index (χ2v) is 7.80. The molecule has 2 saturated carbocycles. The van der Waals surface area contributed by atoms with Crippen molar-refractivity contribution in [3.63, 3.8) is 0 Å². The predicted octanol–water partition coefficient (Wildman–Crippen LogP) is 2.75. The number of ether oxygens (including phenoxy) is 2. The van der Waals surface area contributed by atoms with Gasteiger partial charge in [0.15, 0.2) is 0 Å². The maximum atomic E-state index is 12.6. The zero-order valence-electron chi connectivity index (χ0n) is 14.0. The van der Waals surface area contributed by atoms with E-state index < -0.39 is 10.8 Å². The minimum absolute atomic E-state index is 0.0270. The standard InChI is InChI=1S/C17H25BrO5/c1-16(15(21)23-3)11(6-7-18)8-17(9-14(20)22-2)12(10-19)4-5-13(16)17/h10-13H,4-9H2,1-3H3. The van der Waals surface area contributed by atoms with E-state index in [2.05, 4.69) is 15.9 Å². The number of aldehydes is 1. The lowest BCUT2D eigenvalue weighted by atomic mass is 9.66. The van der Waals surface area contributed by atoms with Crippen molar-refractivity contribution >= 4 is 34.2 Å². The number of rotatable bonds is 6. The van der Waals surface area contributed by atoms with Gasteiger partial charge in [0.2, 0.25) is 0 Å². The lowest BCUT2D eigenvalue weighted by molar-refractivity contribution is -0.159. The van der Waals surface area contributed by atoms with Gasteiger partial charge < -0.3 is 14.3 Å². The van der Waals surface area contributed by atoms with E-state index in [0.717, 1.165) is 30.9 Å². The maximum Gasteiger partial charge on any atom is 0.312 e. The van der Waals surface area contributed by atoms with Gasteiger partial charge in [0, 0.05) is 11.2 Å². The predicted molar refractivity (Wildman–Crippen MR) is 88.0 cm³/mol. The molecule has 0 heterocycles. The van der Waals surface area contributed by atoms with E-state index in [1.54, 1.807) is 0 Å². The summed E-state index contributed by atoms with van der Waals surface area (Å²) in [6.07, 6.45) is 4.16. The van der Waals surface area contributed by atoms with E-state index in [0.29, 0.717) is 6.42 Å². The van der Waals surface area contributed by atoms with Crippen molar-refractivity contribution in [2.75, 3.05) is 19.5 Å². The number of carbonyl (C=O) groups excluding carboxylic acids is 3. The van der Waals surface area contributed by atoms with Crippen molar-refractivity contribution in [2.24, 2.45) is 28.6 Å². The van der Waals surface area contributed by atoms with Crippen LogP contribution in [0.1, 0.15) is 39.0 Å². The zero-order valence-corrected chi connectivity index (χ0v) is 15.6. The summed E-state index contributed by atoms with van der Waals surface area (Å²) in [6.45, 7) is 1.95. The van der Waals surface area contributed by atoms with E-state index in [9.17, 15) is 14.4 Å². The topological polar surface area (TPSA) is 69.7 Å². The average molecular weight is 389 g/mol. The number of fused-ring (bicyclic) bond motifs is 1. The van der Waals surface area contributed by atoms with Crippen molar-refractivity contribution < 1.29 is 23.9 Å². The van der Waals surface area contributed by atoms with Crippen molar-refractivity contribution in [1.82, 2.24) is 0 Å². The summed E-state index contributed by atoms with van der Waals surface area (Å²) in [5.74, 6) is -0.675. The number of halogens is 1. The number of hydrogen-bond acceptors (Lipinski definition) is 5. The normalized spacial score (nSPS) is 38.9. The Kier molecular flexibility index (Phi) is 5.54. The van der Waals surface area contributed by atoms with Crippen molar-refractivity contribution in [2.45, 2.75) is 39.0 Å². The monoisotopic (exact) mass is 388 g/mol. The van der Waals surface area contributed by atoms with Crippen LogP contribution in [0.3, 0.4) is 0 Å². The van der Waals surface area contributed by atoms with Gasteiger partial charge in [0.1, 0.15) is 6.29 Å². The van der Waals surface area contributed by atoms with E-state index >= 15 is 0 Å². The van der Waals surface area contributed by atoms with Gasteiger partial charge in [-0.2, -0.15) is 0 Å². The van der Waals surface area contributed by atoms with Gasteiger partial charge in [-0.05, 0) is 49.9 Å². The van der Waals surface area contributed by atoms with Crippen molar-refractivity contribution in [3.8, 4) is 0 Å². The van der Waals surface area contributed by atoms with E-state index in [1.165, 1.54) is 14.2 Å². The van der Waals surface area contributed by atoms with E-state index in [-0.39, 0.29) is 36.1 Å². The first-order valence-corrected chi connectivity index (χ1v) is 9.19. The average Bonchev–Trinajstić information content (AvgIpc) is 3.01. The number of alkyl halides is 1. The highest BCUT2D eigenvalue weighted by Gasteiger charge is 2.68. The molecule has 0 aromatic carbocycles. The molecule has 2 aliphatic carbocycles. The molecule has 5 nitrogen and oxygen atoms in total. The van der Waals surface area contributed by atoms with Gasteiger partial charge in [-0.3, -0.25) is 9.59 Å². The molecule has 6 heteroatoms. The Balaban J connectivity index is 2.48. The van der Waals surface area contributed by atoms with Crippen LogP contribution in [0.2, 0.25) is 0 Å². The fourth-order valence-corrected chi connectivity index (χ4v) is 5.81. The third kappa shape index (κ3) is 2.73. The Morgan fingerprint density at radius 3 is 2.48 bits per heavy atom. The number of methoxy groups -OCH3 is 2. The molecule has 5 atom stereocenters. The smallest absolute Gasteiger partial charge is 0.312 e. The molecule has 0 aromatic heterocycles. The highest BCUT2D eigenvalue weighted by atomic mass is 79.9. The Morgan fingerprint density at radius 2 is 1.96 bits per heavy atom. The van der Waals surface area contributed by atoms with Crippen molar-refractivity contribution in [3.05, 3.63) is 0 Å². The SMILES string of the molecule is COC(=O)CC12CC(CCBr)C(C)(C(=O)OC)C1CCC2C=O. The highest BCUT2D eigenvalue weighted by Crippen LogP contribution is 2.68. The maximum absolute atomic E-state index is 12.6. The number of esters is 2. The summed E-state index contributed by atoms with van der Waals surface area (Å²) < 4.78 is 9.99. The first-order chi connectivity index (χ1) is 10.9. The first kappa shape index (κ1) is 18.4. The summed E-state index contributed by atoms with van der Waals surface area (Å²) in [5, 5.41) is 0.775. The highest BCUT2D eigenvalue weighted by molar-refractivity contribution is 9.09. The van der Waals surface area contributed by atoms with Crippen molar-refractivity contribution in [1.29, 1.82) is 0 Å². The summed E-state index contributed by atoms with van der Waals surface area (Å²) in [5.41, 5.74) is -1.14. The second-order valence-electron chi connectivity index (χ2n) is 7.01. The van der Waals surface area contributed by atoms with Crippen LogP contribution < -0.4 is 0 Å². The van der Waals surface area contributed by atoms with Gasteiger partial charge >= 0.3 is 11.9 Å². The molecular weight excluding hydrogens is 364 g/mol. The molecule has 0 spiro atoms. The Bertz CT molecular complexity index is 493. The molecule has 0 radical (unpaired) electrons. The summed E-state index contributed by atoms with van der Waals surface area (Å²) in [6, 6.07) is 0. The quantitative estimate of drug-likeness (QED) is 0.397. The van der Waals surface area contributed by atoms with Crippen LogP contribution >= 0.6 is 15.9 Å². The fraction of sp³-hybridized carbons (Fsp3) is 0.824. The van der Waals surface area contributed by atoms with Gasteiger partial charge in [-0.15, -0.1) is 0 Å². The lowest BCUT2D eigenvalue weighted by Gasteiger charge is -2.37. The molecule has 0 aromatic rings. The second kappa shape index (κ2) is 6.91. The Labute approximate surface area is 145 Å². The Morgan fingerprint density at radius 1 is 1.26 bits per heavy atom. The molecule has 0 bridgehead atoms. The molecule has 2 fully saturated rings. The van der Waals surface area contributed by atoms with Crippen LogP contribution in [-0.2, 0) is 23.9 Å². The molecule has 0 aliphatic heterocycles. The lowest BCUT2D eigenvalue weighted by Crippen LogP contribution is -2.41. The first-order valence-electron chi connectivity index (χ1n) is 8.07. The number of hydrogen-bond donors (Lipinski definition) is 0. The minimum Gasteiger partial charge on any atom is -0.469 e. The largest absolute Gasteiger partial charge is 0.469 e. The molecule has 0 amide bonds. The number of carbonyl (C=O) groups is 3. The molecule has 2 aliphatic rings. The third-order valence-corrected chi connectivity index (χ3v) is 6.80. The molecule has 2 rings (SSSR count). The van der Waals surface area contributed by atoms with Crippen LogP contribution in [0.5, 0.6) is 0 Å². The zero-order chi connectivity index (χ0) is 17.3. The minimum atomic E-state index is -0.658. The van der Waals surface area contributed by atoms with Gasteiger partial charge in [-0.1, -0.05) is 15.9 Å². The van der Waals surface area contributed by atoms with E-state index in [1.807, 2.05) is 6.92 Å². The van der Waals surface area contributed by atoms with Crippen LogP contribution in [0, 0.1) is 28.6 Å². The van der Waals surface area contributed by atoms with Gasteiger partial charge in [0.25, 0.3) is 0 Å². The molecule has 5 unspecified atom stereocenters. The molecule has 130 valence electrons. The molecule has 0 saturated heterocycles. The van der Waals surface area contributed by atoms with Crippen LogP contribution in [-0.4, -0.2) is 37.8 Å². The third-order valence-electron chi connectivity index (χ3n) is 6.35. The Hall–Kier alpha value is -0.910. The fourth-order valence-electron chi connectivity index (χ4n) is 5.26.